The van der Waals surface area contributed by atoms with Gasteiger partial charge in [0.15, 0.2) is 0 Å². The molecule has 1 aliphatic rings. The van der Waals surface area contributed by atoms with Gasteiger partial charge < -0.3 is 10.6 Å². The Hall–Kier alpha value is -3.41. The normalized spacial score (nSPS) is 15.4. The topological polar surface area (TPSA) is 76.0 Å². The van der Waals surface area contributed by atoms with E-state index in [0.717, 1.165) is 28.9 Å². The smallest absolute Gasteiger partial charge is 0.227 e. The van der Waals surface area contributed by atoms with Crippen LogP contribution in [0.2, 0.25) is 0 Å². The molecule has 29 heavy (non-hydrogen) atoms. The zero-order valence-corrected chi connectivity index (χ0v) is 16.2. The Morgan fingerprint density at radius 2 is 1.97 bits per heavy atom. The van der Waals surface area contributed by atoms with E-state index in [-0.39, 0.29) is 17.7 Å². The van der Waals surface area contributed by atoms with Crippen molar-refractivity contribution in [2.24, 2.45) is 5.92 Å². The highest BCUT2D eigenvalue weighted by molar-refractivity contribution is 5.96. The van der Waals surface area contributed by atoms with E-state index < -0.39 is 0 Å². The van der Waals surface area contributed by atoms with Gasteiger partial charge in [-0.05, 0) is 54.7 Å². The Morgan fingerprint density at radius 3 is 2.76 bits per heavy atom. The first kappa shape index (κ1) is 18.9. The molecule has 0 aliphatic carbocycles. The van der Waals surface area contributed by atoms with E-state index in [1.165, 1.54) is 0 Å². The molecule has 2 heterocycles. The fourth-order valence-corrected chi connectivity index (χ4v) is 3.62. The molecule has 6 heteroatoms. The van der Waals surface area contributed by atoms with Crippen LogP contribution >= 0.6 is 0 Å². The molecule has 4 rings (SSSR count). The lowest BCUT2D eigenvalue weighted by Gasteiger charge is -2.24. The Balaban J connectivity index is 1.20. The average Bonchev–Trinajstić information content (AvgIpc) is 3.27. The summed E-state index contributed by atoms with van der Waals surface area (Å²) in [4.78, 5) is 24.4. The third kappa shape index (κ3) is 4.71. The molecule has 0 saturated heterocycles. The van der Waals surface area contributed by atoms with Crippen molar-refractivity contribution < 1.29 is 9.59 Å². The number of hydrogen-bond donors (Lipinski definition) is 2. The lowest BCUT2D eigenvalue weighted by atomic mass is 9.89. The first-order valence-corrected chi connectivity index (χ1v) is 9.93. The van der Waals surface area contributed by atoms with E-state index in [1.807, 2.05) is 65.5 Å². The standard InChI is InChI=1S/C23H24N4O2/c28-22(11-8-19-16-18-4-1-2-5-21(18)26-23(19)29)24-14-12-17-6-9-20(10-7-17)27-15-3-13-25-27/h1-7,9-10,13,15,19H,8,11-12,14,16H2,(H,24,28)(H,26,29). The second-order valence-electron chi connectivity index (χ2n) is 7.30. The second-order valence-corrected chi connectivity index (χ2v) is 7.30. The summed E-state index contributed by atoms with van der Waals surface area (Å²) < 4.78 is 1.81. The Bertz CT molecular complexity index is 980. The number of hydrogen-bond acceptors (Lipinski definition) is 3. The van der Waals surface area contributed by atoms with E-state index in [2.05, 4.69) is 15.7 Å². The molecule has 1 aromatic heterocycles. The highest BCUT2D eigenvalue weighted by atomic mass is 16.2. The van der Waals surface area contributed by atoms with Crippen LogP contribution in [-0.4, -0.2) is 28.1 Å². The number of rotatable bonds is 7. The number of anilines is 1. The van der Waals surface area contributed by atoms with Crippen LogP contribution in [0.15, 0.2) is 67.0 Å². The van der Waals surface area contributed by atoms with Crippen molar-refractivity contribution in [3.8, 4) is 5.69 Å². The van der Waals surface area contributed by atoms with Gasteiger partial charge in [-0.25, -0.2) is 4.68 Å². The summed E-state index contributed by atoms with van der Waals surface area (Å²) in [5.74, 6) is -0.149. The number of para-hydroxylation sites is 1. The van der Waals surface area contributed by atoms with Gasteiger partial charge in [0.05, 0.1) is 5.69 Å². The number of nitrogens with one attached hydrogen (secondary N) is 2. The number of nitrogens with zero attached hydrogens (tertiary/aromatic N) is 2. The maximum absolute atomic E-state index is 12.2. The van der Waals surface area contributed by atoms with Crippen molar-refractivity contribution in [3.63, 3.8) is 0 Å². The Labute approximate surface area is 169 Å². The van der Waals surface area contributed by atoms with Crippen LogP contribution in [0.4, 0.5) is 5.69 Å². The molecular formula is C23H24N4O2. The SMILES string of the molecule is O=C(CCC1Cc2ccccc2NC1=O)NCCc1ccc(-n2cccn2)cc1. The summed E-state index contributed by atoms with van der Waals surface area (Å²) in [5.41, 5.74) is 4.19. The number of amides is 2. The molecule has 1 unspecified atom stereocenters. The summed E-state index contributed by atoms with van der Waals surface area (Å²) in [5, 5.41) is 10.1. The van der Waals surface area contributed by atoms with Crippen LogP contribution in [-0.2, 0) is 22.4 Å². The summed E-state index contributed by atoms with van der Waals surface area (Å²) in [7, 11) is 0. The summed E-state index contributed by atoms with van der Waals surface area (Å²) in [6.45, 7) is 0.583. The van der Waals surface area contributed by atoms with Crippen LogP contribution in [0.25, 0.3) is 5.69 Å². The van der Waals surface area contributed by atoms with Crippen LogP contribution in [0.1, 0.15) is 24.0 Å². The fourth-order valence-electron chi connectivity index (χ4n) is 3.62. The van der Waals surface area contributed by atoms with Gasteiger partial charge in [-0.3, -0.25) is 9.59 Å². The number of benzene rings is 2. The van der Waals surface area contributed by atoms with Crippen molar-refractivity contribution >= 4 is 17.5 Å². The predicted octanol–water partition coefficient (Wildman–Crippen LogP) is 3.12. The highest BCUT2D eigenvalue weighted by Crippen LogP contribution is 2.27. The molecule has 2 N–H and O–H groups in total. The lowest BCUT2D eigenvalue weighted by Crippen LogP contribution is -2.32. The highest BCUT2D eigenvalue weighted by Gasteiger charge is 2.26. The van der Waals surface area contributed by atoms with Gasteiger partial charge in [-0.1, -0.05) is 30.3 Å². The monoisotopic (exact) mass is 388 g/mol. The summed E-state index contributed by atoms with van der Waals surface area (Å²) >= 11 is 0. The molecule has 0 bridgehead atoms. The van der Waals surface area contributed by atoms with Crippen molar-refractivity contribution in [1.29, 1.82) is 0 Å². The molecule has 2 amide bonds. The molecule has 1 atom stereocenters. The molecular weight excluding hydrogens is 364 g/mol. The Morgan fingerprint density at radius 1 is 1.14 bits per heavy atom. The minimum absolute atomic E-state index is 0.00812. The van der Waals surface area contributed by atoms with Gasteiger partial charge in [-0.15, -0.1) is 0 Å². The van der Waals surface area contributed by atoms with Crippen molar-refractivity contribution in [2.75, 3.05) is 11.9 Å². The first-order chi connectivity index (χ1) is 14.2. The maximum atomic E-state index is 12.2. The van der Waals surface area contributed by atoms with Gasteiger partial charge in [0, 0.05) is 37.0 Å². The van der Waals surface area contributed by atoms with Gasteiger partial charge >= 0.3 is 0 Å². The van der Waals surface area contributed by atoms with Gasteiger partial charge in [0.2, 0.25) is 11.8 Å². The second kappa shape index (κ2) is 8.73. The predicted molar refractivity (Wildman–Crippen MR) is 112 cm³/mol. The Kier molecular flexibility index (Phi) is 5.70. The fraction of sp³-hybridized carbons (Fsp3) is 0.261. The molecule has 0 spiro atoms. The molecule has 2 aromatic carbocycles. The summed E-state index contributed by atoms with van der Waals surface area (Å²) in [6.07, 6.45) is 6.03. The number of carbonyl (C=O) groups excluding carboxylic acids is 2. The van der Waals surface area contributed by atoms with Gasteiger partial charge in [0.1, 0.15) is 0 Å². The number of aromatic nitrogens is 2. The van der Waals surface area contributed by atoms with Crippen LogP contribution in [0, 0.1) is 5.92 Å². The molecule has 0 radical (unpaired) electrons. The minimum atomic E-state index is -0.148. The minimum Gasteiger partial charge on any atom is -0.356 e. The summed E-state index contributed by atoms with van der Waals surface area (Å²) in [6, 6.07) is 17.9. The third-order valence-corrected chi connectivity index (χ3v) is 5.27. The lowest BCUT2D eigenvalue weighted by molar-refractivity contribution is -0.122. The zero-order chi connectivity index (χ0) is 20.1. The van der Waals surface area contributed by atoms with Crippen molar-refractivity contribution in [2.45, 2.75) is 25.7 Å². The van der Waals surface area contributed by atoms with E-state index in [9.17, 15) is 9.59 Å². The van der Waals surface area contributed by atoms with E-state index in [4.69, 9.17) is 0 Å². The van der Waals surface area contributed by atoms with Gasteiger partial charge in [0.25, 0.3) is 0 Å². The quantitative estimate of drug-likeness (QED) is 0.653. The number of fused-ring (bicyclic) bond motifs is 1. The molecule has 1 aliphatic heterocycles. The molecule has 6 nitrogen and oxygen atoms in total. The first-order valence-electron chi connectivity index (χ1n) is 9.93. The molecule has 148 valence electrons. The van der Waals surface area contributed by atoms with Gasteiger partial charge in [-0.2, -0.15) is 5.10 Å². The van der Waals surface area contributed by atoms with Crippen LogP contribution in [0.3, 0.4) is 0 Å². The van der Waals surface area contributed by atoms with Crippen LogP contribution < -0.4 is 10.6 Å². The largest absolute Gasteiger partial charge is 0.356 e. The third-order valence-electron chi connectivity index (χ3n) is 5.27. The molecule has 3 aromatic rings. The van der Waals surface area contributed by atoms with Crippen molar-refractivity contribution in [3.05, 3.63) is 78.1 Å². The van der Waals surface area contributed by atoms with Crippen LogP contribution in [0.5, 0.6) is 0 Å². The zero-order valence-electron chi connectivity index (χ0n) is 16.2. The molecule has 0 saturated carbocycles. The van der Waals surface area contributed by atoms with E-state index >= 15 is 0 Å². The number of carbonyl (C=O) groups is 2. The average molecular weight is 388 g/mol. The van der Waals surface area contributed by atoms with Crippen molar-refractivity contribution in [1.82, 2.24) is 15.1 Å². The molecule has 0 fully saturated rings. The van der Waals surface area contributed by atoms with E-state index in [1.54, 1.807) is 6.20 Å². The van der Waals surface area contributed by atoms with E-state index in [0.29, 0.717) is 25.8 Å². The maximum Gasteiger partial charge on any atom is 0.227 e.